The Morgan fingerprint density at radius 3 is 2.86 bits per heavy atom. The second kappa shape index (κ2) is 5.39. The number of rotatable bonds is 3. The number of nitrogens with zero attached hydrogens (tertiary/aromatic N) is 2. The van der Waals surface area contributed by atoms with E-state index < -0.39 is 0 Å². The van der Waals surface area contributed by atoms with Crippen LogP contribution in [0.4, 0.5) is 4.39 Å². The molecule has 0 unspecified atom stereocenters. The molecule has 0 bridgehead atoms. The van der Waals surface area contributed by atoms with Gasteiger partial charge in [-0.3, -0.25) is 0 Å². The van der Waals surface area contributed by atoms with Gasteiger partial charge in [0.05, 0.1) is 0 Å². The number of halogens is 1. The van der Waals surface area contributed by atoms with Gasteiger partial charge in [0, 0.05) is 12.5 Å². The Hall–Kier alpha value is -1.36. The molecule has 74 valence electrons. The number of thioether (sulfide) groups is 1. The fourth-order valence-electron chi connectivity index (χ4n) is 0.866. The van der Waals surface area contributed by atoms with Gasteiger partial charge in [-0.15, -0.1) is 5.10 Å². The summed E-state index contributed by atoms with van der Waals surface area (Å²) in [6.45, 7) is 3.17. The molecule has 0 fully saturated rings. The summed E-state index contributed by atoms with van der Waals surface area (Å²) >= 11 is 1.22. The zero-order valence-electron chi connectivity index (χ0n) is 7.48. The predicted octanol–water partition coefficient (Wildman–Crippen LogP) is 1.99. The van der Waals surface area contributed by atoms with Crippen molar-refractivity contribution < 1.29 is 4.39 Å². The molecule has 1 aromatic carbocycles. The van der Waals surface area contributed by atoms with Gasteiger partial charge in [-0.2, -0.15) is 5.10 Å². The van der Waals surface area contributed by atoms with Crippen LogP contribution in [0.2, 0.25) is 0 Å². The van der Waals surface area contributed by atoms with Crippen molar-refractivity contribution in [2.45, 2.75) is 5.75 Å². The van der Waals surface area contributed by atoms with E-state index in [1.54, 1.807) is 18.2 Å². The molecule has 0 aliphatic heterocycles. The monoisotopic (exact) mass is 211 g/mol. The number of hydrogen-bond acceptors (Lipinski definition) is 3. The summed E-state index contributed by atoms with van der Waals surface area (Å²) in [7, 11) is 0. The Morgan fingerprint density at radius 2 is 2.21 bits per heavy atom. The number of amidine groups is 1. The molecule has 0 saturated heterocycles. The lowest BCUT2D eigenvalue weighted by atomic mass is 10.2. The molecule has 0 atom stereocenters. The van der Waals surface area contributed by atoms with Gasteiger partial charge in [0.25, 0.3) is 0 Å². The van der Waals surface area contributed by atoms with Crippen LogP contribution in [0.5, 0.6) is 0 Å². The van der Waals surface area contributed by atoms with Gasteiger partial charge in [0.15, 0.2) is 5.17 Å². The zero-order chi connectivity index (χ0) is 10.4. The van der Waals surface area contributed by atoms with Crippen LogP contribution >= 0.6 is 11.8 Å². The highest BCUT2D eigenvalue weighted by molar-refractivity contribution is 8.13. The predicted molar refractivity (Wildman–Crippen MR) is 58.9 cm³/mol. The van der Waals surface area contributed by atoms with Crippen LogP contribution < -0.4 is 5.73 Å². The average molecular weight is 211 g/mol. The maximum absolute atomic E-state index is 13.1. The third kappa shape index (κ3) is 3.18. The van der Waals surface area contributed by atoms with Crippen LogP contribution in [0.1, 0.15) is 5.56 Å². The van der Waals surface area contributed by atoms with Crippen LogP contribution in [0, 0.1) is 5.82 Å². The summed E-state index contributed by atoms with van der Waals surface area (Å²) in [5.41, 5.74) is 6.04. The summed E-state index contributed by atoms with van der Waals surface area (Å²) in [6, 6.07) is 6.54. The van der Waals surface area contributed by atoms with E-state index in [4.69, 9.17) is 5.73 Å². The maximum atomic E-state index is 13.1. The molecule has 0 radical (unpaired) electrons. The van der Waals surface area contributed by atoms with Crippen LogP contribution in [-0.4, -0.2) is 11.9 Å². The summed E-state index contributed by atoms with van der Waals surface area (Å²) in [5, 5.41) is 7.07. The Labute approximate surface area is 85.9 Å². The van der Waals surface area contributed by atoms with Crippen LogP contribution in [0.15, 0.2) is 34.5 Å². The summed E-state index contributed by atoms with van der Waals surface area (Å²) < 4.78 is 13.1. The fourth-order valence-corrected chi connectivity index (χ4v) is 1.52. The van der Waals surface area contributed by atoms with Gasteiger partial charge in [0.2, 0.25) is 0 Å². The van der Waals surface area contributed by atoms with Gasteiger partial charge in [-0.05, 0) is 11.6 Å². The lowest BCUT2D eigenvalue weighted by Crippen LogP contribution is -2.06. The zero-order valence-corrected chi connectivity index (χ0v) is 8.30. The highest BCUT2D eigenvalue weighted by Gasteiger charge is 2.01. The van der Waals surface area contributed by atoms with Crippen molar-refractivity contribution in [2.75, 3.05) is 0 Å². The molecule has 2 N–H and O–H groups in total. The normalized spacial score (nSPS) is 11.4. The van der Waals surface area contributed by atoms with Crippen molar-refractivity contribution in [3.8, 4) is 0 Å². The Bertz CT molecular complexity index is 352. The Kier molecular flexibility index (Phi) is 4.12. The minimum Gasteiger partial charge on any atom is -0.377 e. The van der Waals surface area contributed by atoms with E-state index in [2.05, 4.69) is 16.9 Å². The Morgan fingerprint density at radius 1 is 1.50 bits per heavy atom. The molecule has 0 aliphatic carbocycles. The molecule has 0 aliphatic rings. The van der Waals surface area contributed by atoms with Crippen LogP contribution in [-0.2, 0) is 5.75 Å². The quantitative estimate of drug-likeness (QED) is 0.472. The molecular formula is C9H10FN3S. The van der Waals surface area contributed by atoms with Gasteiger partial charge >= 0.3 is 0 Å². The second-order valence-corrected chi connectivity index (χ2v) is 3.46. The van der Waals surface area contributed by atoms with Gasteiger partial charge in [0.1, 0.15) is 5.82 Å². The first kappa shape index (κ1) is 10.7. The minimum absolute atomic E-state index is 0.237. The third-order valence-corrected chi connectivity index (χ3v) is 2.34. The van der Waals surface area contributed by atoms with Crippen molar-refractivity contribution >= 4 is 23.6 Å². The third-order valence-electron chi connectivity index (χ3n) is 1.50. The molecular weight excluding hydrogens is 201 g/mol. The van der Waals surface area contributed by atoms with E-state index in [1.165, 1.54) is 17.8 Å². The van der Waals surface area contributed by atoms with E-state index in [1.807, 2.05) is 0 Å². The van der Waals surface area contributed by atoms with E-state index >= 15 is 0 Å². The summed E-state index contributed by atoms with van der Waals surface area (Å²) in [4.78, 5) is 0. The van der Waals surface area contributed by atoms with Crippen LogP contribution in [0.3, 0.4) is 0 Å². The van der Waals surface area contributed by atoms with Gasteiger partial charge in [-0.1, -0.05) is 30.0 Å². The molecule has 0 saturated carbocycles. The van der Waals surface area contributed by atoms with Crippen molar-refractivity contribution in [3.63, 3.8) is 0 Å². The SMILES string of the molecule is C=N/N=C(\N)SCc1ccccc1F. The smallest absolute Gasteiger partial charge is 0.180 e. The Balaban J connectivity index is 2.58. The molecule has 0 amide bonds. The second-order valence-electron chi connectivity index (χ2n) is 2.46. The van der Waals surface area contributed by atoms with Crippen molar-refractivity contribution in [1.29, 1.82) is 0 Å². The highest BCUT2D eigenvalue weighted by atomic mass is 32.2. The molecule has 0 aromatic heterocycles. The first-order valence-corrected chi connectivity index (χ1v) is 4.88. The molecule has 1 rings (SSSR count). The van der Waals surface area contributed by atoms with Crippen molar-refractivity contribution in [1.82, 2.24) is 0 Å². The topological polar surface area (TPSA) is 50.7 Å². The molecule has 0 spiro atoms. The lowest BCUT2D eigenvalue weighted by molar-refractivity contribution is 0.617. The van der Waals surface area contributed by atoms with Crippen molar-refractivity contribution in [3.05, 3.63) is 35.6 Å². The number of nitrogens with two attached hydrogens (primary N) is 1. The molecule has 5 heteroatoms. The molecule has 0 heterocycles. The molecule has 3 nitrogen and oxygen atoms in total. The highest BCUT2D eigenvalue weighted by Crippen LogP contribution is 2.14. The number of benzene rings is 1. The minimum atomic E-state index is -0.237. The average Bonchev–Trinajstić information content (AvgIpc) is 2.17. The fraction of sp³-hybridized carbons (Fsp3) is 0.111. The first-order chi connectivity index (χ1) is 6.74. The van der Waals surface area contributed by atoms with Gasteiger partial charge < -0.3 is 5.73 Å². The first-order valence-electron chi connectivity index (χ1n) is 3.89. The van der Waals surface area contributed by atoms with E-state index in [9.17, 15) is 4.39 Å². The maximum Gasteiger partial charge on any atom is 0.180 e. The lowest BCUT2D eigenvalue weighted by Gasteiger charge is -2.00. The van der Waals surface area contributed by atoms with E-state index in [0.717, 1.165) is 0 Å². The van der Waals surface area contributed by atoms with E-state index in [-0.39, 0.29) is 11.0 Å². The summed E-state index contributed by atoms with van der Waals surface area (Å²) in [6.07, 6.45) is 0. The standard InChI is InChI=1S/C9H10FN3S/c1-12-13-9(11)14-6-7-4-2-3-5-8(7)10/h2-5H,1,6H2,(H2,11,13). The molecule has 14 heavy (non-hydrogen) atoms. The number of hydrogen-bond donors (Lipinski definition) is 1. The largest absolute Gasteiger partial charge is 0.377 e. The van der Waals surface area contributed by atoms with Crippen molar-refractivity contribution in [2.24, 2.45) is 15.9 Å². The summed E-state index contributed by atoms with van der Waals surface area (Å²) in [5.74, 6) is 0.205. The van der Waals surface area contributed by atoms with E-state index in [0.29, 0.717) is 11.3 Å². The van der Waals surface area contributed by atoms with Crippen LogP contribution in [0.25, 0.3) is 0 Å². The van der Waals surface area contributed by atoms with Gasteiger partial charge in [-0.25, -0.2) is 4.39 Å². The molecule has 1 aromatic rings.